The van der Waals surface area contributed by atoms with Crippen LogP contribution in [0.1, 0.15) is 25.7 Å². The van der Waals surface area contributed by atoms with Gasteiger partial charge in [-0.05, 0) is 38.4 Å². The van der Waals surface area contributed by atoms with E-state index in [-0.39, 0.29) is 6.04 Å². The first-order valence-electron chi connectivity index (χ1n) is 6.31. The van der Waals surface area contributed by atoms with E-state index in [0.29, 0.717) is 18.9 Å². The van der Waals surface area contributed by atoms with Gasteiger partial charge in [-0.25, -0.2) is 17.2 Å². The standard InChI is InChI=1S/C13H17F2NO2S/c1-16-10-3-2-4-11(8-10)19(17,18)13-6-5-9(14)7-12(13)15/h5-7,10-11,16H,2-4,8H2,1H3. The van der Waals surface area contributed by atoms with Gasteiger partial charge in [0.2, 0.25) is 0 Å². The van der Waals surface area contributed by atoms with Gasteiger partial charge in [-0.2, -0.15) is 0 Å². The molecule has 1 N–H and O–H groups in total. The molecule has 1 aliphatic rings. The Balaban J connectivity index is 2.31. The average Bonchev–Trinajstić information content (AvgIpc) is 2.38. The second-order valence-electron chi connectivity index (χ2n) is 4.89. The van der Waals surface area contributed by atoms with E-state index in [1.807, 2.05) is 0 Å². The lowest BCUT2D eigenvalue weighted by molar-refractivity contribution is 0.390. The molecular weight excluding hydrogens is 272 g/mol. The van der Waals surface area contributed by atoms with Crippen molar-refractivity contribution in [2.45, 2.75) is 41.9 Å². The van der Waals surface area contributed by atoms with Crippen molar-refractivity contribution in [3.8, 4) is 0 Å². The van der Waals surface area contributed by atoms with E-state index in [9.17, 15) is 17.2 Å². The number of benzene rings is 1. The third-order valence-electron chi connectivity index (χ3n) is 3.67. The Bertz CT molecular complexity index is 560. The zero-order chi connectivity index (χ0) is 14.0. The number of rotatable bonds is 3. The van der Waals surface area contributed by atoms with Crippen molar-refractivity contribution in [3.05, 3.63) is 29.8 Å². The molecule has 3 nitrogen and oxygen atoms in total. The van der Waals surface area contributed by atoms with Gasteiger partial charge in [0, 0.05) is 12.1 Å². The molecule has 106 valence electrons. The van der Waals surface area contributed by atoms with Gasteiger partial charge in [0.1, 0.15) is 16.5 Å². The van der Waals surface area contributed by atoms with E-state index >= 15 is 0 Å². The molecular formula is C13H17F2NO2S. The van der Waals surface area contributed by atoms with Crippen molar-refractivity contribution in [3.63, 3.8) is 0 Å². The summed E-state index contributed by atoms with van der Waals surface area (Å²) in [4.78, 5) is -0.393. The lowest BCUT2D eigenvalue weighted by Gasteiger charge is -2.28. The highest BCUT2D eigenvalue weighted by Gasteiger charge is 2.34. The lowest BCUT2D eigenvalue weighted by atomic mass is 9.95. The van der Waals surface area contributed by atoms with Gasteiger partial charge in [-0.3, -0.25) is 0 Å². The molecule has 0 amide bonds. The fourth-order valence-corrected chi connectivity index (χ4v) is 4.48. The molecule has 1 aliphatic carbocycles. The second-order valence-corrected chi connectivity index (χ2v) is 7.09. The lowest BCUT2D eigenvalue weighted by Crippen LogP contribution is -2.37. The van der Waals surface area contributed by atoms with Crippen LogP contribution < -0.4 is 5.32 Å². The zero-order valence-electron chi connectivity index (χ0n) is 10.7. The fourth-order valence-electron chi connectivity index (χ4n) is 2.57. The summed E-state index contributed by atoms with van der Waals surface area (Å²) in [7, 11) is -1.94. The van der Waals surface area contributed by atoms with Gasteiger partial charge in [0.05, 0.1) is 5.25 Å². The first kappa shape index (κ1) is 14.4. The van der Waals surface area contributed by atoms with E-state index in [4.69, 9.17) is 0 Å². The number of sulfone groups is 1. The molecule has 6 heteroatoms. The third-order valence-corrected chi connectivity index (χ3v) is 5.92. The summed E-state index contributed by atoms with van der Waals surface area (Å²) < 4.78 is 51.3. The maximum Gasteiger partial charge on any atom is 0.184 e. The van der Waals surface area contributed by atoms with E-state index in [0.717, 1.165) is 25.0 Å². The maximum absolute atomic E-state index is 13.6. The normalized spacial score (nSPS) is 24.4. The molecule has 1 aromatic carbocycles. The highest BCUT2D eigenvalue weighted by molar-refractivity contribution is 7.92. The first-order valence-corrected chi connectivity index (χ1v) is 7.86. The van der Waals surface area contributed by atoms with Crippen molar-refractivity contribution in [1.82, 2.24) is 5.32 Å². The average molecular weight is 289 g/mol. The van der Waals surface area contributed by atoms with Crippen molar-refractivity contribution in [2.75, 3.05) is 7.05 Å². The van der Waals surface area contributed by atoms with Crippen molar-refractivity contribution in [1.29, 1.82) is 0 Å². The SMILES string of the molecule is CNC1CCCC(S(=O)(=O)c2ccc(F)cc2F)C1. The molecule has 0 spiro atoms. The minimum atomic E-state index is -3.73. The summed E-state index contributed by atoms with van der Waals surface area (Å²) in [6.07, 6.45) is 2.71. The van der Waals surface area contributed by atoms with Crippen LogP contribution in [0.25, 0.3) is 0 Å². The molecule has 0 aliphatic heterocycles. The Kier molecular flexibility index (Phi) is 4.20. The molecule has 0 saturated heterocycles. The Morgan fingerprint density at radius 3 is 2.63 bits per heavy atom. The topological polar surface area (TPSA) is 46.2 Å². The molecule has 1 fully saturated rings. The van der Waals surface area contributed by atoms with Crippen LogP contribution in [0, 0.1) is 11.6 Å². The number of halogens is 2. The molecule has 2 rings (SSSR count). The zero-order valence-corrected chi connectivity index (χ0v) is 11.5. The van der Waals surface area contributed by atoms with Crippen LogP contribution >= 0.6 is 0 Å². The summed E-state index contributed by atoms with van der Waals surface area (Å²) in [6, 6.07) is 2.75. The van der Waals surface area contributed by atoms with E-state index < -0.39 is 31.6 Å². The highest BCUT2D eigenvalue weighted by atomic mass is 32.2. The van der Waals surface area contributed by atoms with Crippen LogP contribution in [0.3, 0.4) is 0 Å². The monoisotopic (exact) mass is 289 g/mol. The van der Waals surface area contributed by atoms with Crippen LogP contribution in [-0.4, -0.2) is 26.8 Å². The summed E-state index contributed by atoms with van der Waals surface area (Å²) in [5.74, 6) is -1.78. The summed E-state index contributed by atoms with van der Waals surface area (Å²) in [5, 5.41) is 2.46. The molecule has 0 bridgehead atoms. The van der Waals surface area contributed by atoms with Gasteiger partial charge < -0.3 is 5.32 Å². The predicted octanol–water partition coefficient (Wildman–Crippen LogP) is 2.27. The minimum absolute atomic E-state index is 0.136. The van der Waals surface area contributed by atoms with Gasteiger partial charge in [-0.15, -0.1) is 0 Å². The van der Waals surface area contributed by atoms with E-state index in [1.165, 1.54) is 0 Å². The van der Waals surface area contributed by atoms with E-state index in [2.05, 4.69) is 5.32 Å². The largest absolute Gasteiger partial charge is 0.317 e. The van der Waals surface area contributed by atoms with Crippen LogP contribution in [0.2, 0.25) is 0 Å². The van der Waals surface area contributed by atoms with Crippen LogP contribution in [0.4, 0.5) is 8.78 Å². The summed E-state index contributed by atoms with van der Waals surface area (Å²) in [6.45, 7) is 0. The molecule has 2 atom stereocenters. The van der Waals surface area contributed by atoms with Gasteiger partial charge in [-0.1, -0.05) is 6.42 Å². The molecule has 2 unspecified atom stereocenters. The second kappa shape index (κ2) is 5.54. The van der Waals surface area contributed by atoms with Crippen LogP contribution in [-0.2, 0) is 9.84 Å². The maximum atomic E-state index is 13.6. The predicted molar refractivity (Wildman–Crippen MR) is 68.6 cm³/mol. The smallest absolute Gasteiger partial charge is 0.184 e. The van der Waals surface area contributed by atoms with Crippen molar-refractivity contribution < 1.29 is 17.2 Å². The molecule has 0 radical (unpaired) electrons. The summed E-state index contributed by atoms with van der Waals surface area (Å²) in [5.41, 5.74) is 0. The number of hydrogen-bond acceptors (Lipinski definition) is 3. The molecule has 1 saturated carbocycles. The molecule has 0 aromatic heterocycles. The molecule has 19 heavy (non-hydrogen) atoms. The Morgan fingerprint density at radius 2 is 2.00 bits per heavy atom. The van der Waals surface area contributed by atoms with E-state index in [1.54, 1.807) is 7.05 Å². The van der Waals surface area contributed by atoms with Gasteiger partial charge in [0.25, 0.3) is 0 Å². The van der Waals surface area contributed by atoms with Crippen molar-refractivity contribution in [2.24, 2.45) is 0 Å². The molecule has 1 aromatic rings. The third kappa shape index (κ3) is 2.95. The minimum Gasteiger partial charge on any atom is -0.317 e. The number of nitrogens with one attached hydrogen (secondary N) is 1. The number of hydrogen-bond donors (Lipinski definition) is 1. The highest BCUT2D eigenvalue weighted by Crippen LogP contribution is 2.30. The van der Waals surface area contributed by atoms with Crippen LogP contribution in [0.15, 0.2) is 23.1 Å². The first-order chi connectivity index (χ1) is 8.95. The van der Waals surface area contributed by atoms with Crippen molar-refractivity contribution >= 4 is 9.84 Å². The Morgan fingerprint density at radius 1 is 1.26 bits per heavy atom. The Labute approximate surface area is 111 Å². The van der Waals surface area contributed by atoms with Gasteiger partial charge >= 0.3 is 0 Å². The summed E-state index contributed by atoms with van der Waals surface area (Å²) >= 11 is 0. The van der Waals surface area contributed by atoms with Gasteiger partial charge in [0.15, 0.2) is 9.84 Å². The van der Waals surface area contributed by atoms with Crippen LogP contribution in [0.5, 0.6) is 0 Å². The Hall–Kier alpha value is -1.01. The quantitative estimate of drug-likeness (QED) is 0.868. The fraction of sp³-hybridized carbons (Fsp3) is 0.538. The molecule has 0 heterocycles.